The first-order valence-corrected chi connectivity index (χ1v) is 23.1. The number of rotatable bonds is 7. The van der Waals surface area contributed by atoms with Crippen molar-refractivity contribution in [1.29, 1.82) is 0 Å². The van der Waals surface area contributed by atoms with E-state index < -0.39 is 76.0 Å². The molecule has 0 saturated carbocycles. The molecule has 9 rings (SSSR count). The Kier molecular flexibility index (Phi) is 11.2. The highest BCUT2D eigenvalue weighted by Gasteiger charge is 2.41. The molecule has 2 aliphatic rings. The molecule has 0 bridgehead atoms. The average molecular weight is 946 g/mol. The fraction of sp³-hybridized carbons (Fsp3) is 0.269. The van der Waals surface area contributed by atoms with Gasteiger partial charge in [-0.25, -0.2) is 43.9 Å². The summed E-state index contributed by atoms with van der Waals surface area (Å²) in [7, 11) is 0. The molecular weight excluding hydrogens is 904 g/mol. The number of hydrogen-bond donors (Lipinski definition) is 0. The maximum absolute atomic E-state index is 15.2. The van der Waals surface area contributed by atoms with E-state index in [-0.39, 0.29) is 22.0 Å². The van der Waals surface area contributed by atoms with E-state index in [1.807, 2.05) is 12.1 Å². The van der Waals surface area contributed by atoms with Gasteiger partial charge in [0.25, 0.3) is 6.71 Å². The van der Waals surface area contributed by atoms with E-state index in [1.165, 1.54) is 52.4 Å². The first-order valence-electron chi connectivity index (χ1n) is 21.4. The summed E-state index contributed by atoms with van der Waals surface area (Å²) in [5.74, 6) is -20.8. The molecule has 2 aromatic heterocycles. The van der Waals surface area contributed by atoms with Gasteiger partial charge in [0.1, 0.15) is 0 Å². The molecule has 0 spiro atoms. The summed E-state index contributed by atoms with van der Waals surface area (Å²) in [4.78, 5) is 5.52. The summed E-state index contributed by atoms with van der Waals surface area (Å²) in [6, 6.07) is 18.1. The van der Waals surface area contributed by atoms with Crippen LogP contribution in [-0.2, 0) is 10.8 Å². The van der Waals surface area contributed by atoms with E-state index in [0.29, 0.717) is 33.2 Å². The van der Waals surface area contributed by atoms with E-state index in [1.54, 1.807) is 39.0 Å². The molecule has 1 nitrogen and oxygen atoms in total. The minimum atomic E-state index is -2.28. The maximum atomic E-state index is 15.2. The molecule has 4 heterocycles. The lowest BCUT2D eigenvalue weighted by Gasteiger charge is -2.48. The molecule has 0 saturated heterocycles. The Morgan fingerprint density at radius 3 is 1.20 bits per heavy atom. The molecule has 0 unspecified atom stereocenters. The number of benzene rings is 5. The van der Waals surface area contributed by atoms with Crippen LogP contribution >= 0.6 is 22.7 Å². The smallest absolute Gasteiger partial charge is 0.255 e. The fourth-order valence-electron chi connectivity index (χ4n) is 10.1. The highest BCUT2D eigenvalue weighted by Crippen LogP contribution is 2.51. The van der Waals surface area contributed by atoms with Gasteiger partial charge >= 0.3 is 0 Å². The maximum Gasteiger partial charge on any atom is 0.255 e. The van der Waals surface area contributed by atoms with Gasteiger partial charge in [-0.2, -0.15) is 0 Å². The lowest BCUT2D eigenvalue weighted by molar-refractivity contribution is 0.381. The van der Waals surface area contributed by atoms with Crippen molar-refractivity contribution in [2.24, 2.45) is 0 Å². The zero-order valence-corrected chi connectivity index (χ0v) is 38.9. The average Bonchev–Trinajstić information content (AvgIpc) is 3.96. The van der Waals surface area contributed by atoms with E-state index in [4.69, 9.17) is 0 Å². The van der Waals surface area contributed by atoms with Gasteiger partial charge < -0.3 is 4.90 Å². The highest BCUT2D eigenvalue weighted by atomic mass is 32.1. The Balaban J connectivity index is 1.19. The van der Waals surface area contributed by atoms with Crippen LogP contribution in [0.2, 0.25) is 0 Å². The Morgan fingerprint density at radius 1 is 0.439 bits per heavy atom. The minimum Gasteiger partial charge on any atom is -0.371 e. The van der Waals surface area contributed by atoms with Crippen LogP contribution in [0.4, 0.5) is 49.6 Å². The van der Waals surface area contributed by atoms with Crippen LogP contribution in [0.25, 0.3) is 42.4 Å². The number of hydrogen-bond acceptors (Lipinski definition) is 3. The predicted octanol–water partition coefficient (Wildman–Crippen LogP) is 13.8. The molecule has 0 atom stereocenters. The van der Waals surface area contributed by atoms with Gasteiger partial charge in [0, 0.05) is 33.4 Å². The third-order valence-corrected chi connectivity index (χ3v) is 16.2. The Labute approximate surface area is 384 Å². The number of nitrogens with zero attached hydrogens (tertiary/aromatic N) is 1. The van der Waals surface area contributed by atoms with E-state index in [2.05, 4.69) is 56.9 Å². The monoisotopic (exact) mass is 945 g/mol. The van der Waals surface area contributed by atoms with Gasteiger partial charge in [-0.15, -0.1) is 22.7 Å². The van der Waals surface area contributed by atoms with Crippen molar-refractivity contribution in [2.75, 3.05) is 18.0 Å². The first kappa shape index (κ1) is 45.8. The Hall–Kier alpha value is -5.34. The second kappa shape index (κ2) is 16.2. The van der Waals surface area contributed by atoms with Crippen molar-refractivity contribution in [1.82, 2.24) is 0 Å². The molecule has 0 N–H and O–H groups in total. The molecule has 0 amide bonds. The van der Waals surface area contributed by atoms with Gasteiger partial charge in [-0.3, -0.25) is 0 Å². The van der Waals surface area contributed by atoms with Gasteiger partial charge in [-0.1, -0.05) is 91.2 Å². The molecule has 66 heavy (non-hydrogen) atoms. The standard InChI is InChI=1S/C52H42BF10NS2/c1-23-17-28(36-40(54)44(58)48(62)45(59)41(36)55)18-24(2)38(23)53(39-25(3)19-29(20-26(39)4)37-42(56)46(60)49(63)47(61)43(37)57)35-12-11-34(66-35)33-10-9-32(65-33)27-21-30-50-31(22-27)52(7,8)14-16-64(50)15-13-51(30,5)6/h9-12,17-22H,13-16H2,1-8H3. The summed E-state index contributed by atoms with van der Waals surface area (Å²) < 4.78 is 147. The van der Waals surface area contributed by atoms with Crippen molar-refractivity contribution in [2.45, 2.75) is 79.1 Å². The molecule has 340 valence electrons. The van der Waals surface area contributed by atoms with E-state index in [0.717, 1.165) is 50.9 Å². The molecule has 2 aliphatic heterocycles. The first-order chi connectivity index (χ1) is 31.0. The molecular formula is C52H42BF10NS2. The number of aryl methyl sites for hydroxylation is 4. The van der Waals surface area contributed by atoms with Crippen LogP contribution in [0.15, 0.2) is 60.7 Å². The fourth-order valence-corrected chi connectivity index (χ4v) is 12.4. The van der Waals surface area contributed by atoms with Crippen molar-refractivity contribution in [3.63, 3.8) is 0 Å². The van der Waals surface area contributed by atoms with Crippen LogP contribution in [0.5, 0.6) is 0 Å². The van der Waals surface area contributed by atoms with Gasteiger partial charge in [0.2, 0.25) is 11.6 Å². The third kappa shape index (κ3) is 7.19. The lowest BCUT2D eigenvalue weighted by Crippen LogP contribution is -2.54. The second-order valence-electron chi connectivity index (χ2n) is 18.9. The van der Waals surface area contributed by atoms with E-state index in [9.17, 15) is 26.3 Å². The molecule has 14 heteroatoms. The summed E-state index contributed by atoms with van der Waals surface area (Å²) in [6.45, 7) is 17.2. The lowest BCUT2D eigenvalue weighted by atomic mass is 9.37. The topological polar surface area (TPSA) is 3.24 Å². The summed E-state index contributed by atoms with van der Waals surface area (Å²) in [6.07, 6.45) is 2.10. The van der Waals surface area contributed by atoms with Crippen molar-refractivity contribution in [3.8, 4) is 42.4 Å². The quantitative estimate of drug-likeness (QED) is 0.0666. The Bertz CT molecular complexity index is 2910. The summed E-state index contributed by atoms with van der Waals surface area (Å²) >= 11 is 3.12. The van der Waals surface area contributed by atoms with Crippen LogP contribution in [0.3, 0.4) is 0 Å². The Morgan fingerprint density at radius 2 is 0.788 bits per heavy atom. The minimum absolute atomic E-state index is 0.00780. The number of thiophene rings is 2. The molecule has 0 fully saturated rings. The zero-order chi connectivity index (χ0) is 47.6. The molecule has 0 radical (unpaired) electrons. The van der Waals surface area contributed by atoms with Crippen molar-refractivity contribution in [3.05, 3.63) is 152 Å². The van der Waals surface area contributed by atoms with Gasteiger partial charge in [0.15, 0.2) is 46.5 Å². The largest absolute Gasteiger partial charge is 0.371 e. The predicted molar refractivity (Wildman–Crippen MR) is 248 cm³/mol. The SMILES string of the molecule is Cc1cc(-c2c(F)c(F)c(F)c(F)c2F)cc(C)c1B(c1ccc(-c2ccc(-c3cc4c5c(c3)C(C)(C)CCN5CCC4(C)C)s2)s1)c1c(C)cc(-c2c(F)c(F)c(F)c(F)c2F)cc1C. The van der Waals surface area contributed by atoms with Crippen molar-refractivity contribution >= 4 is 50.8 Å². The molecule has 7 aromatic rings. The van der Waals surface area contributed by atoms with Crippen LogP contribution in [0, 0.1) is 85.9 Å². The summed E-state index contributed by atoms with van der Waals surface area (Å²) in [5, 5.41) is 0. The number of anilines is 1. The van der Waals surface area contributed by atoms with Crippen LogP contribution in [-0.4, -0.2) is 19.8 Å². The molecule has 5 aromatic carbocycles. The third-order valence-electron chi connectivity index (χ3n) is 13.7. The second-order valence-corrected chi connectivity index (χ2v) is 21.1. The normalized spacial score (nSPS) is 15.1. The molecule has 0 aliphatic carbocycles. The van der Waals surface area contributed by atoms with Gasteiger partial charge in [-0.05, 0) is 114 Å². The van der Waals surface area contributed by atoms with E-state index >= 15 is 17.6 Å². The number of halogens is 10. The van der Waals surface area contributed by atoms with Crippen LogP contribution in [0.1, 0.15) is 73.9 Å². The zero-order valence-electron chi connectivity index (χ0n) is 37.2. The van der Waals surface area contributed by atoms with Crippen molar-refractivity contribution < 1.29 is 43.9 Å². The van der Waals surface area contributed by atoms with Gasteiger partial charge in [0.05, 0.1) is 11.1 Å². The summed E-state index contributed by atoms with van der Waals surface area (Å²) in [5.41, 5.74) is 5.44. The van der Waals surface area contributed by atoms with Crippen LogP contribution < -0.4 is 20.6 Å². The highest BCUT2D eigenvalue weighted by molar-refractivity contribution is 7.31.